The average Bonchev–Trinajstić information content (AvgIpc) is 2.05. The van der Waals surface area contributed by atoms with Crippen LogP contribution in [0.1, 0.15) is 13.8 Å². The van der Waals surface area contributed by atoms with Crippen molar-refractivity contribution >= 4 is 5.97 Å². The van der Waals surface area contributed by atoms with Gasteiger partial charge in [-0.05, 0) is 13.8 Å². The largest absolute Gasteiger partial charge is 0.462 e. The summed E-state index contributed by atoms with van der Waals surface area (Å²) in [5, 5.41) is 3.02. The van der Waals surface area contributed by atoms with Crippen LogP contribution in [-0.2, 0) is 14.3 Å². The topological polar surface area (TPSA) is 47.6 Å². The van der Waals surface area contributed by atoms with Crippen molar-refractivity contribution in [3.63, 3.8) is 0 Å². The molecule has 1 fully saturated rings. The van der Waals surface area contributed by atoms with Gasteiger partial charge in [-0.1, -0.05) is 0 Å². The molecule has 1 rings (SSSR count). The van der Waals surface area contributed by atoms with Gasteiger partial charge in [0.2, 0.25) is 0 Å². The smallest absolute Gasteiger partial charge is 0.325 e. The third-order valence-electron chi connectivity index (χ3n) is 1.56. The molecule has 0 saturated carbocycles. The van der Waals surface area contributed by atoms with Crippen LogP contribution in [0.15, 0.2) is 0 Å². The van der Waals surface area contributed by atoms with E-state index in [1.807, 2.05) is 13.8 Å². The minimum absolute atomic E-state index is 0.0544. The van der Waals surface area contributed by atoms with Crippen molar-refractivity contribution in [3.8, 4) is 0 Å². The number of rotatable bonds is 2. The van der Waals surface area contributed by atoms with Crippen molar-refractivity contribution < 1.29 is 14.3 Å². The molecule has 0 aromatic heterocycles. The van der Waals surface area contributed by atoms with E-state index in [2.05, 4.69) is 5.32 Å². The van der Waals surface area contributed by atoms with Crippen LogP contribution >= 0.6 is 0 Å². The first-order valence-corrected chi connectivity index (χ1v) is 4.22. The highest BCUT2D eigenvalue weighted by molar-refractivity contribution is 5.76. The first-order valence-electron chi connectivity index (χ1n) is 4.22. The lowest BCUT2D eigenvalue weighted by atomic mass is 10.3. The number of carbonyl (C=O) groups is 1. The van der Waals surface area contributed by atoms with Gasteiger partial charge in [0.25, 0.3) is 0 Å². The molecule has 0 spiro atoms. The first-order chi connectivity index (χ1) is 5.70. The zero-order valence-corrected chi connectivity index (χ0v) is 7.50. The van der Waals surface area contributed by atoms with E-state index in [4.69, 9.17) is 9.47 Å². The number of morpholine rings is 1. The molecular weight excluding hydrogens is 158 g/mol. The minimum atomic E-state index is -0.277. The van der Waals surface area contributed by atoms with Crippen LogP contribution in [0.25, 0.3) is 0 Å². The number of carbonyl (C=O) groups excluding carboxylic acids is 1. The Kier molecular flexibility index (Phi) is 3.49. The third-order valence-corrected chi connectivity index (χ3v) is 1.56. The second kappa shape index (κ2) is 4.42. The fourth-order valence-corrected chi connectivity index (χ4v) is 1.03. The number of ether oxygens (including phenoxy) is 2. The Bertz CT molecular complexity index is 152. The van der Waals surface area contributed by atoms with Gasteiger partial charge in [0.05, 0.1) is 19.3 Å². The van der Waals surface area contributed by atoms with Crippen molar-refractivity contribution in [3.05, 3.63) is 0 Å². The summed E-state index contributed by atoms with van der Waals surface area (Å²) in [7, 11) is 0. The van der Waals surface area contributed by atoms with Crippen molar-refractivity contribution in [2.45, 2.75) is 26.0 Å². The van der Waals surface area contributed by atoms with E-state index in [9.17, 15) is 4.79 Å². The molecule has 0 radical (unpaired) electrons. The third kappa shape index (κ3) is 2.79. The zero-order valence-electron chi connectivity index (χ0n) is 7.50. The molecule has 0 aromatic rings. The summed E-state index contributed by atoms with van der Waals surface area (Å²) in [6.45, 7) is 5.48. The minimum Gasteiger partial charge on any atom is -0.462 e. The molecule has 70 valence electrons. The number of hydrogen-bond donors (Lipinski definition) is 1. The fourth-order valence-electron chi connectivity index (χ4n) is 1.03. The lowest BCUT2D eigenvalue weighted by molar-refractivity contribution is -0.153. The van der Waals surface area contributed by atoms with Gasteiger partial charge < -0.3 is 14.8 Å². The summed E-state index contributed by atoms with van der Waals surface area (Å²) in [5.41, 5.74) is 0. The summed E-state index contributed by atoms with van der Waals surface area (Å²) in [4.78, 5) is 11.2. The highest BCUT2D eigenvalue weighted by atomic mass is 16.5. The van der Waals surface area contributed by atoms with E-state index < -0.39 is 0 Å². The number of hydrogen-bond acceptors (Lipinski definition) is 4. The summed E-state index contributed by atoms with van der Waals surface area (Å²) < 4.78 is 10.1. The monoisotopic (exact) mass is 173 g/mol. The van der Waals surface area contributed by atoms with Gasteiger partial charge in [-0.15, -0.1) is 0 Å². The maximum atomic E-state index is 11.2. The van der Waals surface area contributed by atoms with Gasteiger partial charge in [0.1, 0.15) is 6.04 Å². The SMILES string of the molecule is CC(C)OC(=O)[C@H]1COCCN1. The zero-order chi connectivity index (χ0) is 8.97. The highest BCUT2D eigenvalue weighted by Crippen LogP contribution is 1.98. The van der Waals surface area contributed by atoms with E-state index in [-0.39, 0.29) is 18.1 Å². The lowest BCUT2D eigenvalue weighted by Gasteiger charge is -2.22. The molecule has 0 aliphatic carbocycles. The Labute approximate surface area is 72.2 Å². The maximum absolute atomic E-state index is 11.2. The van der Waals surface area contributed by atoms with E-state index in [0.29, 0.717) is 13.2 Å². The molecule has 1 aliphatic heterocycles. The van der Waals surface area contributed by atoms with Crippen LogP contribution in [0.3, 0.4) is 0 Å². The predicted molar refractivity (Wildman–Crippen MR) is 43.8 cm³/mol. The molecule has 0 aromatic carbocycles. The van der Waals surface area contributed by atoms with E-state index in [1.54, 1.807) is 0 Å². The Balaban J connectivity index is 2.30. The summed E-state index contributed by atoms with van der Waals surface area (Å²) >= 11 is 0. The molecule has 4 nitrogen and oxygen atoms in total. The van der Waals surface area contributed by atoms with Crippen LogP contribution in [0.4, 0.5) is 0 Å². The Morgan fingerprint density at radius 1 is 1.67 bits per heavy atom. The summed E-state index contributed by atoms with van der Waals surface area (Å²) in [6, 6.07) is -0.277. The van der Waals surface area contributed by atoms with Gasteiger partial charge in [-0.3, -0.25) is 4.79 Å². The van der Waals surface area contributed by atoms with Crippen molar-refractivity contribution in [1.29, 1.82) is 0 Å². The predicted octanol–water partition coefficient (Wildman–Crippen LogP) is -0.0736. The molecule has 0 unspecified atom stereocenters. The molecule has 4 heteroatoms. The van der Waals surface area contributed by atoms with Crippen LogP contribution in [0.2, 0.25) is 0 Å². The first kappa shape index (κ1) is 9.48. The highest BCUT2D eigenvalue weighted by Gasteiger charge is 2.22. The lowest BCUT2D eigenvalue weighted by Crippen LogP contribution is -2.47. The molecule has 1 atom stereocenters. The summed E-state index contributed by atoms with van der Waals surface area (Å²) in [5.74, 6) is -0.218. The second-order valence-electron chi connectivity index (χ2n) is 3.07. The van der Waals surface area contributed by atoms with E-state index >= 15 is 0 Å². The number of nitrogens with one attached hydrogen (secondary N) is 1. The van der Waals surface area contributed by atoms with E-state index in [0.717, 1.165) is 6.54 Å². The van der Waals surface area contributed by atoms with Crippen molar-refractivity contribution in [2.24, 2.45) is 0 Å². The molecule has 0 amide bonds. The van der Waals surface area contributed by atoms with Crippen LogP contribution in [-0.4, -0.2) is 37.9 Å². The quantitative estimate of drug-likeness (QED) is 0.594. The normalized spacial score (nSPS) is 24.1. The fraction of sp³-hybridized carbons (Fsp3) is 0.875. The van der Waals surface area contributed by atoms with Crippen LogP contribution in [0, 0.1) is 0 Å². The Morgan fingerprint density at radius 3 is 2.92 bits per heavy atom. The van der Waals surface area contributed by atoms with Gasteiger partial charge in [0.15, 0.2) is 0 Å². The molecule has 12 heavy (non-hydrogen) atoms. The van der Waals surface area contributed by atoms with Gasteiger partial charge in [0, 0.05) is 6.54 Å². The van der Waals surface area contributed by atoms with E-state index in [1.165, 1.54) is 0 Å². The van der Waals surface area contributed by atoms with Crippen molar-refractivity contribution in [1.82, 2.24) is 5.32 Å². The molecule has 1 saturated heterocycles. The number of esters is 1. The van der Waals surface area contributed by atoms with Gasteiger partial charge >= 0.3 is 5.97 Å². The average molecular weight is 173 g/mol. The van der Waals surface area contributed by atoms with Crippen LogP contribution in [0.5, 0.6) is 0 Å². The Hall–Kier alpha value is -0.610. The molecule has 1 heterocycles. The Morgan fingerprint density at radius 2 is 2.42 bits per heavy atom. The molecule has 1 N–H and O–H groups in total. The maximum Gasteiger partial charge on any atom is 0.325 e. The second-order valence-corrected chi connectivity index (χ2v) is 3.07. The summed E-state index contributed by atoms with van der Waals surface area (Å²) in [6.07, 6.45) is -0.0544. The van der Waals surface area contributed by atoms with Gasteiger partial charge in [-0.2, -0.15) is 0 Å². The van der Waals surface area contributed by atoms with Crippen molar-refractivity contribution in [2.75, 3.05) is 19.8 Å². The van der Waals surface area contributed by atoms with Gasteiger partial charge in [-0.25, -0.2) is 0 Å². The molecular formula is C8H15NO3. The molecule has 1 aliphatic rings. The molecule has 0 bridgehead atoms. The standard InChI is InChI=1S/C8H15NO3/c1-6(2)12-8(10)7-5-11-4-3-9-7/h6-7,9H,3-5H2,1-2H3/t7-/m1/s1. The van der Waals surface area contributed by atoms with Crippen LogP contribution < -0.4 is 5.32 Å².